The number of hydrogen-bond donors (Lipinski definition) is 4. The summed E-state index contributed by atoms with van der Waals surface area (Å²) < 4.78 is 5.59. The minimum absolute atomic E-state index is 0.0554. The Morgan fingerprint density at radius 1 is 1.24 bits per heavy atom. The maximum absolute atomic E-state index is 12.7. The lowest BCUT2D eigenvalue weighted by molar-refractivity contribution is -0.114. The van der Waals surface area contributed by atoms with Crippen LogP contribution in [0.1, 0.15) is 51.7 Å². The first kappa shape index (κ1) is 28.2. The second-order valence-electron chi connectivity index (χ2n) is 9.08. The number of phenolic OH excluding ortho intramolecular Hbond substituents is 1. The number of aromatic hydroxyl groups is 1. The number of nitrogens with one attached hydrogen (secondary N) is 2. The molecule has 1 aromatic heterocycles. The number of anilines is 3. The molecule has 4 rings (SSSR count). The molecule has 0 atom stereocenters. The number of phenols is 1. The number of nitrogens with zero attached hydrogens (tertiary/aromatic N) is 3. The summed E-state index contributed by atoms with van der Waals surface area (Å²) in [7, 11) is 0. The normalized spacial score (nSPS) is 13.1. The van der Waals surface area contributed by atoms with Crippen molar-refractivity contribution in [2.75, 3.05) is 22.5 Å². The van der Waals surface area contributed by atoms with Gasteiger partial charge in [-0.25, -0.2) is 9.97 Å². The molecular formula is C29H36N6O3. The van der Waals surface area contributed by atoms with Crippen molar-refractivity contribution in [1.82, 2.24) is 9.97 Å². The minimum Gasteiger partial charge on any atom is -0.504 e. The van der Waals surface area contributed by atoms with E-state index in [0.717, 1.165) is 18.5 Å². The van der Waals surface area contributed by atoms with Gasteiger partial charge in [-0.05, 0) is 63.1 Å². The summed E-state index contributed by atoms with van der Waals surface area (Å²) in [6.07, 6.45) is 4.14. The first-order valence-electron chi connectivity index (χ1n) is 12.7. The molecule has 1 aliphatic carbocycles. The van der Waals surface area contributed by atoms with Crippen LogP contribution in [0.25, 0.3) is 0 Å². The highest BCUT2D eigenvalue weighted by atomic mass is 16.5. The predicted octanol–water partition coefficient (Wildman–Crippen LogP) is 5.16. The van der Waals surface area contributed by atoms with E-state index in [1.165, 1.54) is 18.5 Å². The Bertz CT molecular complexity index is 1290. The average molecular weight is 517 g/mol. The number of nitrogens with two attached hydrogens (primary N) is 1. The molecule has 0 radical (unpaired) electrons. The average Bonchev–Trinajstić information content (AvgIpc) is 3.68. The third-order valence-corrected chi connectivity index (χ3v) is 5.94. The summed E-state index contributed by atoms with van der Waals surface area (Å²) in [5.41, 5.74) is 7.34. The van der Waals surface area contributed by atoms with Crippen LogP contribution in [-0.4, -0.2) is 44.9 Å². The minimum atomic E-state index is -0.443. The Hall–Kier alpha value is -4.40. The molecule has 38 heavy (non-hydrogen) atoms. The largest absolute Gasteiger partial charge is 0.504 e. The molecule has 3 aromatic rings. The first-order chi connectivity index (χ1) is 18.2. The van der Waals surface area contributed by atoms with E-state index in [1.54, 1.807) is 17.0 Å². The van der Waals surface area contributed by atoms with Crippen LogP contribution in [0, 0.1) is 5.41 Å². The number of carbonyl (C=O) groups is 1. The van der Waals surface area contributed by atoms with E-state index in [9.17, 15) is 9.90 Å². The lowest BCUT2D eigenvalue weighted by atomic mass is 10.0. The SMILES string of the molecule is C=CC(=O)N(CC1(Nc2ncnc(N)c2C(=N)c2ccc(OC(C)C)c(O)c2)CC1)c1ccccc1.CC. The van der Waals surface area contributed by atoms with Gasteiger partial charge < -0.3 is 25.8 Å². The number of benzene rings is 2. The van der Waals surface area contributed by atoms with Crippen molar-refractivity contribution >= 4 is 28.9 Å². The Kier molecular flexibility index (Phi) is 9.07. The number of hydrogen-bond acceptors (Lipinski definition) is 8. The van der Waals surface area contributed by atoms with Gasteiger partial charge in [-0.2, -0.15) is 0 Å². The molecule has 9 heteroatoms. The summed E-state index contributed by atoms with van der Waals surface area (Å²) in [6, 6.07) is 14.2. The van der Waals surface area contributed by atoms with Crippen molar-refractivity contribution in [3.8, 4) is 11.5 Å². The van der Waals surface area contributed by atoms with Crippen molar-refractivity contribution in [2.45, 2.75) is 52.2 Å². The summed E-state index contributed by atoms with van der Waals surface area (Å²) >= 11 is 0. The summed E-state index contributed by atoms with van der Waals surface area (Å²) in [4.78, 5) is 22.8. The maximum Gasteiger partial charge on any atom is 0.250 e. The highest BCUT2D eigenvalue weighted by molar-refractivity contribution is 6.16. The standard InChI is InChI=1S/C27H30N6O3.C2H6/c1-4-22(35)33(19-8-6-5-7-9-19)15-27(12-13-27)32-26-23(25(29)30-16-31-26)24(28)18-10-11-21(20(34)14-18)36-17(2)3;1-2/h4-11,14,16-17,28,34H,1,12-13,15H2,2-3H3,(H3,29,30,31,32);1-2H3. The van der Waals surface area contributed by atoms with Crippen molar-refractivity contribution in [2.24, 2.45) is 0 Å². The predicted molar refractivity (Wildman–Crippen MR) is 152 cm³/mol. The van der Waals surface area contributed by atoms with Gasteiger partial charge in [0.25, 0.3) is 0 Å². The number of rotatable bonds is 10. The Morgan fingerprint density at radius 2 is 1.92 bits per heavy atom. The third-order valence-electron chi connectivity index (χ3n) is 5.94. The highest BCUT2D eigenvalue weighted by Gasteiger charge is 2.46. The van der Waals surface area contributed by atoms with E-state index in [-0.39, 0.29) is 29.3 Å². The van der Waals surface area contributed by atoms with Crippen molar-refractivity contribution in [3.05, 3.63) is 78.6 Å². The van der Waals surface area contributed by atoms with Gasteiger partial charge in [0, 0.05) is 17.8 Å². The number of ether oxygens (including phenoxy) is 1. The van der Waals surface area contributed by atoms with Crippen LogP contribution >= 0.6 is 0 Å². The molecule has 0 aliphatic heterocycles. The van der Waals surface area contributed by atoms with Crippen molar-refractivity contribution in [3.63, 3.8) is 0 Å². The van der Waals surface area contributed by atoms with Gasteiger partial charge in [0.2, 0.25) is 5.91 Å². The molecule has 9 nitrogen and oxygen atoms in total. The van der Waals surface area contributed by atoms with Gasteiger partial charge in [0.15, 0.2) is 11.5 Å². The van der Waals surface area contributed by atoms with Gasteiger partial charge >= 0.3 is 0 Å². The zero-order chi connectivity index (χ0) is 27.9. The molecule has 5 N–H and O–H groups in total. The lowest BCUT2D eigenvalue weighted by Crippen LogP contribution is -2.42. The second kappa shape index (κ2) is 12.2. The first-order valence-corrected chi connectivity index (χ1v) is 12.7. The smallest absolute Gasteiger partial charge is 0.250 e. The van der Waals surface area contributed by atoms with Crippen LogP contribution in [0.2, 0.25) is 0 Å². The van der Waals surface area contributed by atoms with Crippen molar-refractivity contribution in [1.29, 1.82) is 5.41 Å². The van der Waals surface area contributed by atoms with E-state index < -0.39 is 5.54 Å². The summed E-state index contributed by atoms with van der Waals surface area (Å²) in [5, 5.41) is 22.7. The molecule has 0 saturated heterocycles. The zero-order valence-electron chi connectivity index (χ0n) is 22.4. The number of aromatic nitrogens is 2. The molecule has 1 saturated carbocycles. The fourth-order valence-corrected chi connectivity index (χ4v) is 3.95. The Balaban J connectivity index is 0.00000195. The molecular weight excluding hydrogens is 480 g/mol. The molecule has 1 fully saturated rings. The fraction of sp³-hybridized carbons (Fsp3) is 0.310. The van der Waals surface area contributed by atoms with Crippen LogP contribution in [0.5, 0.6) is 11.5 Å². The Morgan fingerprint density at radius 3 is 2.50 bits per heavy atom. The molecule has 0 spiro atoms. The highest BCUT2D eigenvalue weighted by Crippen LogP contribution is 2.41. The van der Waals surface area contributed by atoms with Gasteiger partial charge in [0.1, 0.15) is 18.0 Å². The molecule has 1 aliphatic rings. The monoisotopic (exact) mass is 516 g/mol. The molecule has 1 heterocycles. The van der Waals surface area contributed by atoms with Crippen LogP contribution in [0.15, 0.2) is 67.5 Å². The van der Waals surface area contributed by atoms with E-state index in [1.807, 2.05) is 58.0 Å². The van der Waals surface area contributed by atoms with Crippen LogP contribution in [-0.2, 0) is 4.79 Å². The maximum atomic E-state index is 12.7. The number of nitrogen functional groups attached to an aromatic ring is 1. The topological polar surface area (TPSA) is 137 Å². The quantitative estimate of drug-likeness (QED) is 0.216. The van der Waals surface area contributed by atoms with Crippen LogP contribution in [0.3, 0.4) is 0 Å². The van der Waals surface area contributed by atoms with Gasteiger partial charge in [-0.3, -0.25) is 10.2 Å². The molecule has 200 valence electrons. The Labute approximate surface area is 223 Å². The van der Waals surface area contributed by atoms with E-state index in [4.69, 9.17) is 15.9 Å². The number of para-hydroxylation sites is 1. The summed E-state index contributed by atoms with van der Waals surface area (Å²) in [5.74, 6) is 0.588. The number of carbonyl (C=O) groups excluding carboxylic acids is 1. The van der Waals surface area contributed by atoms with Gasteiger partial charge in [-0.15, -0.1) is 0 Å². The summed E-state index contributed by atoms with van der Waals surface area (Å²) in [6.45, 7) is 11.8. The lowest BCUT2D eigenvalue weighted by Gasteiger charge is -2.28. The van der Waals surface area contributed by atoms with Gasteiger partial charge in [0.05, 0.1) is 22.9 Å². The van der Waals surface area contributed by atoms with Crippen LogP contribution in [0.4, 0.5) is 17.3 Å². The van der Waals surface area contributed by atoms with E-state index in [0.29, 0.717) is 29.2 Å². The number of amides is 1. The second-order valence-corrected chi connectivity index (χ2v) is 9.08. The van der Waals surface area contributed by atoms with Crippen LogP contribution < -0.4 is 20.7 Å². The molecule has 0 bridgehead atoms. The zero-order valence-corrected chi connectivity index (χ0v) is 22.4. The van der Waals surface area contributed by atoms with E-state index >= 15 is 0 Å². The molecule has 2 aromatic carbocycles. The van der Waals surface area contributed by atoms with Gasteiger partial charge in [-0.1, -0.05) is 38.6 Å². The van der Waals surface area contributed by atoms with Crippen molar-refractivity contribution < 1.29 is 14.6 Å². The molecule has 0 unspecified atom stereocenters. The molecule has 1 amide bonds. The fourth-order valence-electron chi connectivity index (χ4n) is 3.95. The van der Waals surface area contributed by atoms with E-state index in [2.05, 4.69) is 21.9 Å². The third kappa shape index (κ3) is 6.47.